The molecule has 0 aliphatic rings. The molecule has 0 aromatic carbocycles. The van der Waals surface area contributed by atoms with Crippen LogP contribution in [0, 0.1) is 15.5 Å². The van der Waals surface area contributed by atoms with E-state index in [1.54, 1.807) is 0 Å². The van der Waals surface area contributed by atoms with Crippen LogP contribution in [0.1, 0.15) is 6.92 Å². The molecule has 0 aliphatic carbocycles. The van der Waals surface area contributed by atoms with E-state index in [0.717, 1.165) is 0 Å². The molecule has 0 amide bonds. The smallest absolute Gasteiger partial charge is 0.386 e. The van der Waals surface area contributed by atoms with Crippen LogP contribution in [-0.2, 0) is 9.59 Å². The zero-order chi connectivity index (χ0) is 14.6. The third-order valence-electron chi connectivity index (χ3n) is 2.40. The van der Waals surface area contributed by atoms with Crippen LogP contribution in [0.5, 0.6) is 0 Å². The Kier molecular flexibility index (Phi) is 4.54. The molecule has 0 aliphatic heterocycles. The van der Waals surface area contributed by atoms with Crippen LogP contribution >= 0.6 is 15.9 Å². The lowest BCUT2D eigenvalue weighted by Crippen LogP contribution is -2.36. The number of aliphatic carboxylic acids is 1. The van der Waals surface area contributed by atoms with E-state index >= 15 is 0 Å². The van der Waals surface area contributed by atoms with Crippen molar-refractivity contribution in [1.29, 1.82) is 0 Å². The number of pyridine rings is 1. The summed E-state index contributed by atoms with van der Waals surface area (Å²) in [4.78, 5) is 35.4. The summed E-state index contributed by atoms with van der Waals surface area (Å²) in [6.45, 7) is 0.928. The van der Waals surface area contributed by atoms with Gasteiger partial charge in [-0.15, -0.1) is 0 Å². The second-order valence-electron chi connectivity index (χ2n) is 3.98. The third kappa shape index (κ3) is 3.47. The summed E-state index contributed by atoms with van der Waals surface area (Å²) in [5.41, 5.74) is -1.63. The van der Waals surface area contributed by atoms with Gasteiger partial charge < -0.3 is 25.3 Å². The summed E-state index contributed by atoms with van der Waals surface area (Å²) in [7, 11) is 0. The van der Waals surface area contributed by atoms with Crippen molar-refractivity contribution < 1.29 is 19.6 Å². The van der Waals surface area contributed by atoms with Gasteiger partial charge in [-0.2, -0.15) is 0 Å². The number of hydrogen-bond acceptors (Lipinski definition) is 6. The Morgan fingerprint density at radius 2 is 2.37 bits per heavy atom. The Morgan fingerprint density at radius 3 is 2.84 bits per heavy atom. The highest BCUT2D eigenvalue weighted by Crippen LogP contribution is 2.26. The molecule has 0 saturated heterocycles. The number of nitro groups is 1. The van der Waals surface area contributed by atoms with Gasteiger partial charge in [0.2, 0.25) is 0 Å². The minimum atomic E-state index is -1.67. The van der Waals surface area contributed by atoms with Crippen LogP contribution in [-0.4, -0.2) is 33.8 Å². The highest BCUT2D eigenvalue weighted by atomic mass is 79.9. The number of anilines is 1. The average Bonchev–Trinajstić information content (AvgIpc) is 2.35. The molecule has 1 unspecified atom stereocenters. The van der Waals surface area contributed by atoms with Crippen molar-refractivity contribution >= 4 is 39.7 Å². The molecule has 8 nitrogen and oxygen atoms in total. The summed E-state index contributed by atoms with van der Waals surface area (Å²) in [6.07, 6.45) is 1.53. The fraction of sp³-hybridized carbons (Fsp3) is 0.300. The average molecular weight is 332 g/mol. The highest BCUT2D eigenvalue weighted by Gasteiger charge is 2.33. The number of nitrogens with zero attached hydrogens (tertiary/aromatic N) is 2. The first-order valence-electron chi connectivity index (χ1n) is 5.03. The molecule has 19 heavy (non-hydrogen) atoms. The first-order valence-corrected chi connectivity index (χ1v) is 5.83. The number of aromatic nitrogens is 1. The van der Waals surface area contributed by atoms with Crippen molar-refractivity contribution in [3.8, 4) is 0 Å². The van der Waals surface area contributed by atoms with Crippen LogP contribution in [0.3, 0.4) is 0 Å². The van der Waals surface area contributed by atoms with E-state index in [1.807, 2.05) is 0 Å². The lowest BCUT2D eigenvalue weighted by Gasteiger charge is -2.18. The zero-order valence-corrected chi connectivity index (χ0v) is 11.4. The molecule has 1 rings (SSSR count). The summed E-state index contributed by atoms with van der Waals surface area (Å²) >= 11 is 3.10. The molecule has 1 heterocycles. The number of hydrogen-bond donors (Lipinski definition) is 2. The first kappa shape index (κ1) is 15.0. The highest BCUT2D eigenvalue weighted by molar-refractivity contribution is 9.10. The van der Waals surface area contributed by atoms with Gasteiger partial charge in [0.15, 0.2) is 6.20 Å². The third-order valence-corrected chi connectivity index (χ3v) is 2.83. The fourth-order valence-electron chi connectivity index (χ4n) is 1.15. The molecule has 1 atom stereocenters. The number of nitrogens with one attached hydrogen (secondary N) is 1. The summed E-state index contributed by atoms with van der Waals surface area (Å²) in [5.74, 6) is -1.76. The second kappa shape index (κ2) is 5.74. The largest absolute Gasteiger partial charge is 0.480 e. The molecule has 0 bridgehead atoms. The van der Waals surface area contributed by atoms with Crippen LogP contribution < -0.4 is 5.32 Å². The van der Waals surface area contributed by atoms with Crippen molar-refractivity contribution in [2.45, 2.75) is 6.92 Å². The Labute approximate surface area is 116 Å². The minimum Gasteiger partial charge on any atom is -0.480 e. The van der Waals surface area contributed by atoms with Gasteiger partial charge in [0.1, 0.15) is 17.4 Å². The van der Waals surface area contributed by atoms with E-state index in [0.29, 0.717) is 4.47 Å². The summed E-state index contributed by atoms with van der Waals surface area (Å²) in [6, 6.07) is 1.39. The van der Waals surface area contributed by atoms with E-state index in [9.17, 15) is 19.7 Å². The van der Waals surface area contributed by atoms with E-state index < -0.39 is 22.1 Å². The normalized spacial score (nSPS) is 13.4. The van der Waals surface area contributed by atoms with Crippen LogP contribution in [0.4, 0.5) is 11.5 Å². The van der Waals surface area contributed by atoms with Crippen molar-refractivity contribution in [2.75, 3.05) is 11.9 Å². The maximum Gasteiger partial charge on any atom is 0.386 e. The van der Waals surface area contributed by atoms with E-state index in [-0.39, 0.29) is 18.5 Å². The molecule has 0 radical (unpaired) electrons. The molecule has 2 N–H and O–H groups in total. The lowest BCUT2D eigenvalue weighted by atomic mass is 9.93. The minimum absolute atomic E-state index is 0.0358. The van der Waals surface area contributed by atoms with E-state index in [1.165, 1.54) is 19.2 Å². The molecule has 102 valence electrons. The number of aldehydes is 1. The standard InChI is InChI=1S/C10H10BrN3O5/c1-10(5-15,9(16)17)4-13-7-2-6(11)3-12-8(7)14(18)19/h2-3,5,13H,4H2,1H3,(H,16,17). The van der Waals surface area contributed by atoms with Crippen LogP contribution in [0.2, 0.25) is 0 Å². The Hall–Kier alpha value is -2.03. The predicted molar refractivity (Wildman–Crippen MR) is 68.9 cm³/mol. The lowest BCUT2D eigenvalue weighted by molar-refractivity contribution is -0.388. The SMILES string of the molecule is CC(C=O)(CNc1cc(Br)cnc1[N+](=O)[O-])C(=O)O. The molecular weight excluding hydrogens is 322 g/mol. The van der Waals surface area contributed by atoms with Gasteiger partial charge in [0, 0.05) is 6.54 Å². The first-order chi connectivity index (χ1) is 8.80. The Morgan fingerprint density at radius 1 is 1.74 bits per heavy atom. The van der Waals surface area contributed by atoms with Gasteiger partial charge in [-0.25, -0.2) is 0 Å². The van der Waals surface area contributed by atoms with Gasteiger partial charge in [-0.1, -0.05) is 0 Å². The van der Waals surface area contributed by atoms with Gasteiger partial charge in [0.25, 0.3) is 0 Å². The van der Waals surface area contributed by atoms with Gasteiger partial charge >= 0.3 is 11.8 Å². The molecule has 0 fully saturated rings. The quantitative estimate of drug-likeness (QED) is 0.350. The molecular formula is C10H10BrN3O5. The fourth-order valence-corrected chi connectivity index (χ4v) is 1.49. The van der Waals surface area contributed by atoms with Crippen molar-refractivity contribution in [3.05, 3.63) is 26.9 Å². The number of carbonyl (C=O) groups is 2. The number of carboxylic acids is 1. The number of carbonyl (C=O) groups excluding carboxylic acids is 1. The topological polar surface area (TPSA) is 122 Å². The van der Waals surface area contributed by atoms with E-state index in [4.69, 9.17) is 5.11 Å². The molecule has 9 heteroatoms. The maximum atomic E-state index is 10.9. The number of halogens is 1. The number of carboxylic acid groups (broad SMARTS) is 1. The Bertz CT molecular complexity index is 536. The summed E-state index contributed by atoms with van der Waals surface area (Å²) in [5, 5.41) is 22.2. The summed E-state index contributed by atoms with van der Waals surface area (Å²) < 4.78 is 0.490. The van der Waals surface area contributed by atoms with Crippen LogP contribution in [0.25, 0.3) is 0 Å². The monoisotopic (exact) mass is 331 g/mol. The van der Waals surface area contributed by atoms with E-state index in [2.05, 4.69) is 26.2 Å². The van der Waals surface area contributed by atoms with Gasteiger partial charge in [0.05, 0.1) is 4.47 Å². The second-order valence-corrected chi connectivity index (χ2v) is 4.89. The van der Waals surface area contributed by atoms with Crippen molar-refractivity contribution in [1.82, 2.24) is 4.98 Å². The molecule has 0 spiro atoms. The van der Waals surface area contributed by atoms with Crippen molar-refractivity contribution in [3.63, 3.8) is 0 Å². The predicted octanol–water partition coefficient (Wildman–Crippen LogP) is 1.45. The maximum absolute atomic E-state index is 10.9. The molecule has 0 saturated carbocycles. The van der Waals surface area contributed by atoms with Gasteiger partial charge in [-0.05, 0) is 38.8 Å². The van der Waals surface area contributed by atoms with Gasteiger partial charge in [-0.3, -0.25) is 4.79 Å². The molecule has 1 aromatic rings. The number of rotatable bonds is 6. The Balaban J connectivity index is 3.00. The van der Waals surface area contributed by atoms with Crippen LogP contribution in [0.15, 0.2) is 16.7 Å². The van der Waals surface area contributed by atoms with Crippen molar-refractivity contribution in [2.24, 2.45) is 5.41 Å². The zero-order valence-electron chi connectivity index (χ0n) is 9.79. The molecule has 1 aromatic heterocycles.